The lowest BCUT2D eigenvalue weighted by Gasteiger charge is -2.11. The van der Waals surface area contributed by atoms with E-state index in [4.69, 9.17) is 5.73 Å². The zero-order chi connectivity index (χ0) is 13.6. The second-order valence-electron chi connectivity index (χ2n) is 4.47. The predicted molar refractivity (Wildman–Crippen MR) is 79.4 cm³/mol. The molecule has 1 aromatic carbocycles. The van der Waals surface area contributed by atoms with Crippen LogP contribution in [0, 0.1) is 0 Å². The van der Waals surface area contributed by atoms with Gasteiger partial charge in [-0.25, -0.2) is 8.42 Å². The molecule has 0 aliphatic rings. The van der Waals surface area contributed by atoms with Gasteiger partial charge in [-0.3, -0.25) is 0 Å². The maximum Gasteiger partial charge on any atom is 0.150 e. The largest absolute Gasteiger partial charge is 0.327 e. The van der Waals surface area contributed by atoms with Gasteiger partial charge in [-0.2, -0.15) is 0 Å². The molecule has 0 spiro atoms. The van der Waals surface area contributed by atoms with Gasteiger partial charge < -0.3 is 5.73 Å². The Kier molecular flexibility index (Phi) is 6.32. The van der Waals surface area contributed by atoms with Gasteiger partial charge in [-0.1, -0.05) is 35.0 Å². The lowest BCUT2D eigenvalue weighted by Crippen LogP contribution is -2.24. The summed E-state index contributed by atoms with van der Waals surface area (Å²) in [6, 6.07) is 8.05. The van der Waals surface area contributed by atoms with E-state index in [1.54, 1.807) is 6.92 Å². The van der Waals surface area contributed by atoms with Crippen molar-refractivity contribution in [2.45, 2.75) is 32.2 Å². The molecule has 2 N–H and O–H groups in total. The van der Waals surface area contributed by atoms with Gasteiger partial charge in [0.15, 0.2) is 0 Å². The zero-order valence-corrected chi connectivity index (χ0v) is 13.0. The topological polar surface area (TPSA) is 60.2 Å². The van der Waals surface area contributed by atoms with E-state index in [0.717, 1.165) is 17.3 Å². The molecule has 1 rings (SSSR count). The Morgan fingerprint density at radius 3 is 2.72 bits per heavy atom. The molecule has 0 aliphatic carbocycles. The van der Waals surface area contributed by atoms with Gasteiger partial charge in [0.25, 0.3) is 0 Å². The van der Waals surface area contributed by atoms with Crippen LogP contribution < -0.4 is 5.73 Å². The summed E-state index contributed by atoms with van der Waals surface area (Å²) < 4.78 is 23.7. The van der Waals surface area contributed by atoms with Gasteiger partial charge in [0.1, 0.15) is 9.84 Å². The Labute approximate surface area is 118 Å². The van der Waals surface area contributed by atoms with Crippen LogP contribution in [0.15, 0.2) is 28.7 Å². The first-order valence-corrected chi connectivity index (χ1v) is 8.75. The first kappa shape index (κ1) is 15.7. The van der Waals surface area contributed by atoms with Crippen molar-refractivity contribution in [2.75, 3.05) is 11.5 Å². The highest BCUT2D eigenvalue weighted by Crippen LogP contribution is 2.14. The second-order valence-corrected chi connectivity index (χ2v) is 7.86. The van der Waals surface area contributed by atoms with E-state index < -0.39 is 9.84 Å². The van der Waals surface area contributed by atoms with Crippen LogP contribution in [-0.4, -0.2) is 26.0 Å². The van der Waals surface area contributed by atoms with Crippen molar-refractivity contribution >= 4 is 25.8 Å². The van der Waals surface area contributed by atoms with Crippen molar-refractivity contribution in [1.82, 2.24) is 0 Å². The predicted octanol–water partition coefficient (Wildman–Crippen LogP) is 2.53. The van der Waals surface area contributed by atoms with Gasteiger partial charge in [-0.05, 0) is 37.0 Å². The lowest BCUT2D eigenvalue weighted by atomic mass is 10.0. The van der Waals surface area contributed by atoms with E-state index in [1.165, 1.54) is 5.56 Å². The first-order chi connectivity index (χ1) is 8.43. The highest BCUT2D eigenvalue weighted by Gasteiger charge is 2.09. The van der Waals surface area contributed by atoms with Gasteiger partial charge in [0.2, 0.25) is 0 Å². The molecule has 1 aromatic rings. The maximum absolute atomic E-state index is 11.3. The molecule has 0 amide bonds. The van der Waals surface area contributed by atoms with Gasteiger partial charge in [-0.15, -0.1) is 0 Å². The van der Waals surface area contributed by atoms with E-state index in [1.807, 2.05) is 24.3 Å². The Bertz CT molecular complexity index is 474. The zero-order valence-electron chi connectivity index (χ0n) is 10.6. The normalized spacial score (nSPS) is 13.5. The number of nitrogens with two attached hydrogens (primary N) is 1. The third-order valence-corrected chi connectivity index (χ3v) is 5.14. The third-order valence-electron chi connectivity index (χ3n) is 2.86. The fourth-order valence-corrected chi connectivity index (χ4v) is 3.12. The SMILES string of the molecule is CCS(=O)(=O)CCCC(N)Cc1cccc(Br)c1. The van der Waals surface area contributed by atoms with Crippen LogP contribution in [0.25, 0.3) is 0 Å². The van der Waals surface area contributed by atoms with Crippen LogP contribution in [0.4, 0.5) is 0 Å². The van der Waals surface area contributed by atoms with Crippen molar-refractivity contribution in [2.24, 2.45) is 5.73 Å². The minimum absolute atomic E-state index is 0.0198. The van der Waals surface area contributed by atoms with Gasteiger partial charge in [0.05, 0.1) is 5.75 Å². The number of hydrogen-bond donors (Lipinski definition) is 1. The molecule has 3 nitrogen and oxygen atoms in total. The monoisotopic (exact) mass is 333 g/mol. The third kappa shape index (κ3) is 5.98. The summed E-state index contributed by atoms with van der Waals surface area (Å²) in [7, 11) is -2.86. The van der Waals surface area contributed by atoms with Crippen molar-refractivity contribution in [3.8, 4) is 0 Å². The molecular weight excluding hydrogens is 314 g/mol. The highest BCUT2D eigenvalue weighted by atomic mass is 79.9. The highest BCUT2D eigenvalue weighted by molar-refractivity contribution is 9.10. The summed E-state index contributed by atoms with van der Waals surface area (Å²) in [4.78, 5) is 0. The van der Waals surface area contributed by atoms with Crippen LogP contribution in [0.5, 0.6) is 0 Å². The Hall–Kier alpha value is -0.390. The van der Waals surface area contributed by atoms with Crippen LogP contribution in [0.1, 0.15) is 25.3 Å². The fraction of sp³-hybridized carbons (Fsp3) is 0.538. The quantitative estimate of drug-likeness (QED) is 0.834. The van der Waals surface area contributed by atoms with Gasteiger partial charge in [0, 0.05) is 16.3 Å². The molecule has 0 aromatic heterocycles. The van der Waals surface area contributed by atoms with Crippen LogP contribution in [0.2, 0.25) is 0 Å². The average molecular weight is 334 g/mol. The summed E-state index contributed by atoms with van der Waals surface area (Å²) in [5.74, 6) is 0.462. The van der Waals surface area contributed by atoms with Crippen LogP contribution >= 0.6 is 15.9 Å². The molecule has 1 atom stereocenters. The van der Waals surface area contributed by atoms with Gasteiger partial charge >= 0.3 is 0 Å². The number of benzene rings is 1. The minimum atomic E-state index is -2.86. The smallest absolute Gasteiger partial charge is 0.150 e. The molecule has 0 saturated carbocycles. The molecule has 0 fully saturated rings. The average Bonchev–Trinajstić information content (AvgIpc) is 2.28. The standard InChI is InChI=1S/C13H20BrNO2S/c1-2-18(16,17)8-4-7-13(15)10-11-5-3-6-12(14)9-11/h3,5-6,9,13H,2,4,7-8,10,15H2,1H3. The van der Waals surface area contributed by atoms with E-state index in [0.29, 0.717) is 6.42 Å². The molecule has 0 radical (unpaired) electrons. The first-order valence-electron chi connectivity index (χ1n) is 6.13. The van der Waals surface area contributed by atoms with Crippen LogP contribution in [0.3, 0.4) is 0 Å². The maximum atomic E-state index is 11.3. The van der Waals surface area contributed by atoms with Crippen molar-refractivity contribution in [3.63, 3.8) is 0 Å². The van der Waals surface area contributed by atoms with Crippen molar-refractivity contribution in [1.29, 1.82) is 0 Å². The molecular formula is C13H20BrNO2S. The summed E-state index contributed by atoms with van der Waals surface area (Å²) in [6.07, 6.45) is 2.17. The van der Waals surface area contributed by atoms with Crippen LogP contribution in [-0.2, 0) is 16.3 Å². The summed E-state index contributed by atoms with van der Waals surface area (Å²) in [6.45, 7) is 1.68. The second kappa shape index (κ2) is 7.26. The molecule has 0 saturated heterocycles. The number of halogens is 1. The molecule has 1 unspecified atom stereocenters. The number of sulfone groups is 1. The lowest BCUT2D eigenvalue weighted by molar-refractivity contribution is 0.574. The van der Waals surface area contributed by atoms with Crippen molar-refractivity contribution in [3.05, 3.63) is 34.3 Å². The van der Waals surface area contributed by atoms with E-state index >= 15 is 0 Å². The van der Waals surface area contributed by atoms with E-state index in [2.05, 4.69) is 15.9 Å². The van der Waals surface area contributed by atoms with E-state index in [9.17, 15) is 8.42 Å². The molecule has 0 bridgehead atoms. The Morgan fingerprint density at radius 2 is 2.11 bits per heavy atom. The number of rotatable bonds is 7. The number of hydrogen-bond acceptors (Lipinski definition) is 3. The molecule has 18 heavy (non-hydrogen) atoms. The molecule has 0 aliphatic heterocycles. The summed E-state index contributed by atoms with van der Waals surface area (Å²) in [5.41, 5.74) is 7.19. The van der Waals surface area contributed by atoms with Crippen molar-refractivity contribution < 1.29 is 8.42 Å². The molecule has 0 heterocycles. The minimum Gasteiger partial charge on any atom is -0.327 e. The van der Waals surface area contributed by atoms with E-state index in [-0.39, 0.29) is 17.5 Å². The summed E-state index contributed by atoms with van der Waals surface area (Å²) in [5, 5.41) is 0. The fourth-order valence-electron chi connectivity index (χ4n) is 1.78. The molecule has 5 heteroatoms. The molecule has 102 valence electrons. The Morgan fingerprint density at radius 1 is 1.39 bits per heavy atom. The Balaban J connectivity index is 2.36. The summed E-state index contributed by atoms with van der Waals surface area (Å²) >= 11 is 3.42.